The highest BCUT2D eigenvalue weighted by Gasteiger charge is 2.32. The van der Waals surface area contributed by atoms with Crippen molar-refractivity contribution in [3.05, 3.63) is 42.1 Å². The van der Waals surface area contributed by atoms with E-state index in [0.29, 0.717) is 29.8 Å². The normalized spacial score (nSPS) is 17.4. The van der Waals surface area contributed by atoms with Gasteiger partial charge in [-0.1, -0.05) is 24.1 Å². The number of carbonyl (C=O) groups is 1. The van der Waals surface area contributed by atoms with Gasteiger partial charge < -0.3 is 14.2 Å². The molecule has 4 heterocycles. The Morgan fingerprint density at radius 2 is 2.14 bits per heavy atom. The summed E-state index contributed by atoms with van der Waals surface area (Å²) in [6, 6.07) is 4.93. The second-order valence-electron chi connectivity index (χ2n) is 6.79. The molecule has 1 atom stereocenters. The average Bonchev–Trinajstić information content (AvgIpc) is 3.30. The summed E-state index contributed by atoms with van der Waals surface area (Å²) < 4.78 is 12.3. The molecular formula is C19H22N6O3. The van der Waals surface area contributed by atoms with Crippen LogP contribution in [0.1, 0.15) is 48.0 Å². The highest BCUT2D eigenvalue weighted by atomic mass is 16.5. The van der Waals surface area contributed by atoms with Crippen molar-refractivity contribution in [2.75, 3.05) is 13.7 Å². The number of carbonyl (C=O) groups excluding carboxylic acids is 1. The van der Waals surface area contributed by atoms with E-state index in [9.17, 15) is 4.79 Å². The van der Waals surface area contributed by atoms with Crippen molar-refractivity contribution in [2.24, 2.45) is 7.05 Å². The van der Waals surface area contributed by atoms with Crippen molar-refractivity contribution in [1.82, 2.24) is 29.8 Å². The molecule has 4 rings (SSSR count). The van der Waals surface area contributed by atoms with Crippen LogP contribution in [0.3, 0.4) is 0 Å². The molecule has 3 aromatic heterocycles. The third-order valence-corrected chi connectivity index (χ3v) is 4.86. The zero-order valence-corrected chi connectivity index (χ0v) is 15.9. The SMILES string of the molecule is COc1cccc(C(=O)N2CCCCC[C@@H]2c2noc(-c3cnn(C)c3)n2)n1. The third-order valence-electron chi connectivity index (χ3n) is 4.86. The molecule has 1 aliphatic rings. The number of methoxy groups -OCH3 is 1. The van der Waals surface area contributed by atoms with Crippen LogP contribution >= 0.6 is 0 Å². The summed E-state index contributed by atoms with van der Waals surface area (Å²) in [6.07, 6.45) is 7.25. The number of ether oxygens (including phenoxy) is 1. The minimum Gasteiger partial charge on any atom is -0.481 e. The maximum absolute atomic E-state index is 13.2. The maximum Gasteiger partial charge on any atom is 0.273 e. The summed E-state index contributed by atoms with van der Waals surface area (Å²) in [7, 11) is 3.36. The van der Waals surface area contributed by atoms with Gasteiger partial charge in [-0.05, 0) is 18.9 Å². The molecule has 1 aliphatic heterocycles. The van der Waals surface area contributed by atoms with Gasteiger partial charge >= 0.3 is 0 Å². The molecular weight excluding hydrogens is 360 g/mol. The monoisotopic (exact) mass is 382 g/mol. The highest BCUT2D eigenvalue weighted by Crippen LogP contribution is 2.31. The largest absolute Gasteiger partial charge is 0.481 e. The van der Waals surface area contributed by atoms with Crippen LogP contribution in [0.2, 0.25) is 0 Å². The number of hydrogen-bond donors (Lipinski definition) is 0. The highest BCUT2D eigenvalue weighted by molar-refractivity contribution is 5.92. The van der Waals surface area contributed by atoms with Gasteiger partial charge in [0, 0.05) is 25.9 Å². The zero-order chi connectivity index (χ0) is 19.5. The summed E-state index contributed by atoms with van der Waals surface area (Å²) >= 11 is 0. The van der Waals surface area contributed by atoms with Crippen molar-refractivity contribution in [1.29, 1.82) is 0 Å². The number of aryl methyl sites for hydroxylation is 1. The van der Waals surface area contributed by atoms with Gasteiger partial charge in [0.1, 0.15) is 5.69 Å². The molecule has 9 nitrogen and oxygen atoms in total. The molecule has 1 amide bonds. The van der Waals surface area contributed by atoms with E-state index in [4.69, 9.17) is 9.26 Å². The van der Waals surface area contributed by atoms with Crippen molar-refractivity contribution in [3.8, 4) is 17.3 Å². The number of pyridine rings is 1. The van der Waals surface area contributed by atoms with E-state index in [1.54, 1.807) is 34.0 Å². The van der Waals surface area contributed by atoms with Crippen molar-refractivity contribution in [3.63, 3.8) is 0 Å². The zero-order valence-electron chi connectivity index (χ0n) is 15.9. The van der Waals surface area contributed by atoms with E-state index in [-0.39, 0.29) is 11.9 Å². The quantitative estimate of drug-likeness (QED) is 0.684. The van der Waals surface area contributed by atoms with E-state index in [1.807, 2.05) is 13.2 Å². The van der Waals surface area contributed by atoms with Gasteiger partial charge in [0.05, 0.1) is 24.9 Å². The van der Waals surface area contributed by atoms with E-state index in [2.05, 4.69) is 20.2 Å². The topological polar surface area (TPSA) is 99.2 Å². The standard InChI is InChI=1S/C19H22N6O3/c1-24-12-13(11-20-24)18-22-17(23-28-18)15-8-4-3-5-10-25(15)19(26)14-7-6-9-16(21-14)27-2/h6-7,9,11-12,15H,3-5,8,10H2,1-2H3/t15-/m1/s1. The molecule has 28 heavy (non-hydrogen) atoms. The molecule has 1 fully saturated rings. The lowest BCUT2D eigenvalue weighted by atomic mass is 10.1. The van der Waals surface area contributed by atoms with Gasteiger partial charge in [0.15, 0.2) is 5.82 Å². The third kappa shape index (κ3) is 3.60. The molecule has 0 aromatic carbocycles. The summed E-state index contributed by atoms with van der Waals surface area (Å²) in [6.45, 7) is 0.624. The van der Waals surface area contributed by atoms with E-state index < -0.39 is 0 Å². The second kappa shape index (κ2) is 7.79. The molecule has 0 saturated carbocycles. The predicted octanol–water partition coefficient (Wildman–Crippen LogP) is 2.63. The molecule has 9 heteroatoms. The van der Waals surface area contributed by atoms with Gasteiger partial charge in [0.25, 0.3) is 11.8 Å². The van der Waals surface area contributed by atoms with Crippen LogP contribution in [0.5, 0.6) is 5.88 Å². The molecule has 0 unspecified atom stereocenters. The van der Waals surface area contributed by atoms with E-state index >= 15 is 0 Å². The lowest BCUT2D eigenvalue weighted by Crippen LogP contribution is -2.35. The molecule has 0 aliphatic carbocycles. The molecule has 0 radical (unpaired) electrons. The lowest BCUT2D eigenvalue weighted by Gasteiger charge is -2.27. The van der Waals surface area contributed by atoms with Crippen molar-refractivity contribution < 1.29 is 14.1 Å². The van der Waals surface area contributed by atoms with Crippen LogP contribution in [-0.4, -0.2) is 49.4 Å². The summed E-state index contributed by atoms with van der Waals surface area (Å²) in [5.74, 6) is 1.17. The summed E-state index contributed by atoms with van der Waals surface area (Å²) in [5.41, 5.74) is 1.10. The fourth-order valence-electron chi connectivity index (χ4n) is 3.43. The lowest BCUT2D eigenvalue weighted by molar-refractivity contribution is 0.0663. The number of rotatable bonds is 4. The van der Waals surface area contributed by atoms with Crippen LogP contribution in [0.4, 0.5) is 0 Å². The first-order valence-corrected chi connectivity index (χ1v) is 9.30. The fourth-order valence-corrected chi connectivity index (χ4v) is 3.43. The Morgan fingerprint density at radius 1 is 1.25 bits per heavy atom. The second-order valence-corrected chi connectivity index (χ2v) is 6.79. The average molecular weight is 382 g/mol. The Kier molecular flexibility index (Phi) is 5.05. The molecule has 3 aromatic rings. The number of hydrogen-bond acceptors (Lipinski definition) is 7. The minimum atomic E-state index is -0.253. The Balaban J connectivity index is 1.63. The van der Waals surface area contributed by atoms with E-state index in [0.717, 1.165) is 31.2 Å². The molecule has 146 valence electrons. The number of amides is 1. The Morgan fingerprint density at radius 3 is 2.93 bits per heavy atom. The minimum absolute atomic E-state index is 0.154. The van der Waals surface area contributed by atoms with Crippen molar-refractivity contribution in [2.45, 2.75) is 31.7 Å². The van der Waals surface area contributed by atoms with Crippen LogP contribution < -0.4 is 4.74 Å². The van der Waals surface area contributed by atoms with Gasteiger partial charge in [-0.15, -0.1) is 0 Å². The number of likely N-dealkylation sites (tertiary alicyclic amines) is 1. The fraction of sp³-hybridized carbons (Fsp3) is 0.421. The molecule has 0 spiro atoms. The first kappa shape index (κ1) is 18.1. The molecule has 1 saturated heterocycles. The first-order chi connectivity index (χ1) is 13.7. The first-order valence-electron chi connectivity index (χ1n) is 9.30. The van der Waals surface area contributed by atoms with Crippen molar-refractivity contribution >= 4 is 5.91 Å². The van der Waals surface area contributed by atoms with Gasteiger partial charge in [-0.25, -0.2) is 4.98 Å². The predicted molar refractivity (Wildman–Crippen MR) is 99.5 cm³/mol. The Bertz CT molecular complexity index is 966. The Labute approximate surface area is 162 Å². The van der Waals surface area contributed by atoms with Gasteiger partial charge in [0.2, 0.25) is 5.88 Å². The van der Waals surface area contributed by atoms with Crippen LogP contribution in [0.15, 0.2) is 35.1 Å². The molecule has 0 bridgehead atoms. The number of nitrogens with zero attached hydrogens (tertiary/aromatic N) is 6. The van der Waals surface area contributed by atoms with Crippen LogP contribution in [-0.2, 0) is 7.05 Å². The number of aromatic nitrogens is 5. The van der Waals surface area contributed by atoms with Crippen LogP contribution in [0, 0.1) is 0 Å². The van der Waals surface area contributed by atoms with E-state index in [1.165, 1.54) is 7.11 Å². The smallest absolute Gasteiger partial charge is 0.273 e. The Hall–Kier alpha value is -3.23. The van der Waals surface area contributed by atoms with Gasteiger partial charge in [-0.3, -0.25) is 9.48 Å². The summed E-state index contributed by atoms with van der Waals surface area (Å²) in [5, 5.41) is 8.30. The van der Waals surface area contributed by atoms with Crippen LogP contribution in [0.25, 0.3) is 11.5 Å². The maximum atomic E-state index is 13.2. The summed E-state index contributed by atoms with van der Waals surface area (Å²) in [4.78, 5) is 23.8. The van der Waals surface area contributed by atoms with Gasteiger partial charge in [-0.2, -0.15) is 10.1 Å². The molecule has 0 N–H and O–H groups in total.